The number of hydrogen-bond donors (Lipinski definition) is 1. The van der Waals surface area contributed by atoms with Gasteiger partial charge in [-0.05, 0) is 61.6 Å². The standard InChI is InChI=1S/C17H20N2O/c1-9-3-4-11(5-10(9)2)15-16(20-19-17(15)18)14-7-12-6-13(12)8-14/h3-5,12-14H,6-8H2,1-2H3,(H2,18,19). The van der Waals surface area contributed by atoms with E-state index in [1.54, 1.807) is 0 Å². The van der Waals surface area contributed by atoms with Gasteiger partial charge in [0.05, 0.1) is 5.56 Å². The van der Waals surface area contributed by atoms with Crippen LogP contribution in [0.4, 0.5) is 5.82 Å². The highest BCUT2D eigenvalue weighted by molar-refractivity contribution is 5.76. The highest BCUT2D eigenvalue weighted by Crippen LogP contribution is 2.58. The van der Waals surface area contributed by atoms with Gasteiger partial charge in [-0.3, -0.25) is 0 Å². The van der Waals surface area contributed by atoms with Crippen molar-refractivity contribution >= 4 is 5.82 Å². The predicted molar refractivity (Wildman–Crippen MR) is 79.4 cm³/mol. The zero-order chi connectivity index (χ0) is 13.9. The maximum atomic E-state index is 6.07. The molecule has 2 atom stereocenters. The Hall–Kier alpha value is -1.77. The van der Waals surface area contributed by atoms with Gasteiger partial charge in [0.1, 0.15) is 5.76 Å². The summed E-state index contributed by atoms with van der Waals surface area (Å²) >= 11 is 0. The fourth-order valence-electron chi connectivity index (χ4n) is 3.71. The van der Waals surface area contributed by atoms with E-state index in [4.69, 9.17) is 10.3 Å². The van der Waals surface area contributed by atoms with Gasteiger partial charge in [-0.15, -0.1) is 0 Å². The monoisotopic (exact) mass is 268 g/mol. The Labute approximate surface area is 119 Å². The van der Waals surface area contributed by atoms with Crippen molar-refractivity contribution in [3.05, 3.63) is 35.1 Å². The molecule has 0 amide bonds. The largest absolute Gasteiger partial charge is 0.380 e. The average Bonchev–Trinajstić information content (AvgIpc) is 2.85. The van der Waals surface area contributed by atoms with E-state index in [2.05, 4.69) is 37.2 Å². The highest BCUT2D eigenvalue weighted by atomic mass is 16.5. The molecule has 0 saturated heterocycles. The van der Waals surface area contributed by atoms with Crippen molar-refractivity contribution in [1.29, 1.82) is 0 Å². The maximum Gasteiger partial charge on any atom is 0.175 e. The molecule has 0 aliphatic heterocycles. The Balaban J connectivity index is 1.76. The normalized spacial score (nSPS) is 27.6. The van der Waals surface area contributed by atoms with Gasteiger partial charge in [0, 0.05) is 5.92 Å². The first-order valence-corrected chi connectivity index (χ1v) is 7.46. The smallest absolute Gasteiger partial charge is 0.175 e. The van der Waals surface area contributed by atoms with Crippen LogP contribution in [0.1, 0.15) is 42.1 Å². The van der Waals surface area contributed by atoms with Crippen LogP contribution in [0, 0.1) is 25.7 Å². The molecule has 1 aromatic heterocycles. The summed E-state index contributed by atoms with van der Waals surface area (Å²) in [7, 11) is 0. The second-order valence-electron chi connectivity index (χ2n) is 6.53. The fraction of sp³-hybridized carbons (Fsp3) is 0.471. The van der Waals surface area contributed by atoms with Crippen LogP contribution in [-0.4, -0.2) is 5.16 Å². The second-order valence-corrected chi connectivity index (χ2v) is 6.53. The van der Waals surface area contributed by atoms with Crippen LogP contribution < -0.4 is 5.73 Å². The molecule has 2 N–H and O–H groups in total. The number of hydrogen-bond acceptors (Lipinski definition) is 3. The lowest BCUT2D eigenvalue weighted by Crippen LogP contribution is -1.98. The lowest BCUT2D eigenvalue weighted by atomic mass is 9.93. The van der Waals surface area contributed by atoms with Crippen LogP contribution in [0.3, 0.4) is 0 Å². The first-order chi connectivity index (χ1) is 9.63. The summed E-state index contributed by atoms with van der Waals surface area (Å²) in [5.41, 5.74) is 10.8. The first-order valence-electron chi connectivity index (χ1n) is 7.46. The summed E-state index contributed by atoms with van der Waals surface area (Å²) in [6.45, 7) is 4.26. The molecule has 2 saturated carbocycles. The number of nitrogens with zero attached hydrogens (tertiary/aromatic N) is 1. The van der Waals surface area contributed by atoms with E-state index in [-0.39, 0.29) is 0 Å². The SMILES string of the molecule is Cc1ccc(-c2c(N)noc2C2CC3CC3C2)cc1C. The van der Waals surface area contributed by atoms with Gasteiger partial charge in [-0.25, -0.2) is 0 Å². The molecule has 2 aliphatic rings. The van der Waals surface area contributed by atoms with E-state index in [1.807, 2.05) is 0 Å². The molecule has 20 heavy (non-hydrogen) atoms. The molecule has 0 spiro atoms. The van der Waals surface area contributed by atoms with E-state index in [1.165, 1.54) is 30.4 Å². The van der Waals surface area contributed by atoms with Gasteiger partial charge in [0.15, 0.2) is 5.82 Å². The quantitative estimate of drug-likeness (QED) is 0.893. The topological polar surface area (TPSA) is 52.0 Å². The van der Waals surface area contributed by atoms with Crippen molar-refractivity contribution in [2.45, 2.75) is 39.0 Å². The minimum atomic E-state index is 0.514. The van der Waals surface area contributed by atoms with Gasteiger partial charge < -0.3 is 10.3 Å². The van der Waals surface area contributed by atoms with E-state index in [0.717, 1.165) is 28.7 Å². The molecular formula is C17H20N2O. The number of aryl methyl sites for hydroxylation is 2. The lowest BCUT2D eigenvalue weighted by Gasteiger charge is -2.11. The third-order valence-electron chi connectivity index (χ3n) is 5.15. The number of benzene rings is 1. The van der Waals surface area contributed by atoms with E-state index < -0.39 is 0 Å². The van der Waals surface area contributed by atoms with Crippen molar-refractivity contribution in [3.8, 4) is 11.1 Å². The molecule has 104 valence electrons. The summed E-state index contributed by atoms with van der Waals surface area (Å²) in [5.74, 6) is 3.92. The predicted octanol–water partition coefficient (Wildman–Crippen LogP) is 4.05. The molecule has 1 aromatic carbocycles. The number of aromatic nitrogens is 1. The third kappa shape index (κ3) is 1.76. The highest BCUT2D eigenvalue weighted by Gasteiger charge is 2.48. The van der Waals surface area contributed by atoms with Crippen molar-refractivity contribution in [3.63, 3.8) is 0 Å². The molecule has 0 bridgehead atoms. The molecule has 3 nitrogen and oxygen atoms in total. The summed E-state index contributed by atoms with van der Waals surface area (Å²) in [4.78, 5) is 0. The second kappa shape index (κ2) is 4.11. The van der Waals surface area contributed by atoms with Crippen molar-refractivity contribution < 1.29 is 4.52 Å². The van der Waals surface area contributed by atoms with Crippen LogP contribution in [0.15, 0.2) is 22.7 Å². The van der Waals surface area contributed by atoms with Gasteiger partial charge in [0.25, 0.3) is 0 Å². The Bertz CT molecular complexity index is 664. The summed E-state index contributed by atoms with van der Waals surface area (Å²) in [5, 5.41) is 4.03. The van der Waals surface area contributed by atoms with Gasteiger partial charge in [-0.2, -0.15) is 0 Å². The first kappa shape index (κ1) is 12.0. The lowest BCUT2D eigenvalue weighted by molar-refractivity contribution is 0.356. The zero-order valence-electron chi connectivity index (χ0n) is 12.0. The summed E-state index contributed by atoms with van der Waals surface area (Å²) in [6, 6.07) is 6.47. The molecule has 2 aromatic rings. The fourth-order valence-corrected chi connectivity index (χ4v) is 3.71. The number of fused-ring (bicyclic) bond motifs is 1. The minimum Gasteiger partial charge on any atom is -0.380 e. The van der Waals surface area contributed by atoms with Gasteiger partial charge >= 0.3 is 0 Å². The van der Waals surface area contributed by atoms with Crippen LogP contribution in [0.5, 0.6) is 0 Å². The Kier molecular flexibility index (Phi) is 2.47. The number of nitrogens with two attached hydrogens (primary N) is 1. The molecule has 2 unspecified atom stereocenters. The Morgan fingerprint density at radius 1 is 1.10 bits per heavy atom. The van der Waals surface area contributed by atoms with Crippen molar-refractivity contribution in [1.82, 2.24) is 5.16 Å². The number of nitrogen functional groups attached to an aromatic ring is 1. The van der Waals surface area contributed by atoms with E-state index in [9.17, 15) is 0 Å². The van der Waals surface area contributed by atoms with E-state index in [0.29, 0.717) is 11.7 Å². The number of rotatable bonds is 2. The Morgan fingerprint density at radius 3 is 2.55 bits per heavy atom. The maximum absolute atomic E-state index is 6.07. The molecule has 2 fully saturated rings. The van der Waals surface area contributed by atoms with Crippen LogP contribution >= 0.6 is 0 Å². The zero-order valence-corrected chi connectivity index (χ0v) is 12.0. The van der Waals surface area contributed by atoms with Crippen molar-refractivity contribution in [2.75, 3.05) is 5.73 Å². The van der Waals surface area contributed by atoms with Crippen molar-refractivity contribution in [2.24, 2.45) is 11.8 Å². The summed E-state index contributed by atoms with van der Waals surface area (Å²) in [6.07, 6.45) is 3.91. The van der Waals surface area contributed by atoms with Crippen LogP contribution in [-0.2, 0) is 0 Å². The Morgan fingerprint density at radius 2 is 1.85 bits per heavy atom. The molecule has 0 radical (unpaired) electrons. The molecule has 3 heteroatoms. The molecular weight excluding hydrogens is 248 g/mol. The van der Waals surface area contributed by atoms with Gasteiger partial charge in [-0.1, -0.05) is 23.4 Å². The van der Waals surface area contributed by atoms with Crippen LogP contribution in [0.2, 0.25) is 0 Å². The molecule has 4 rings (SSSR count). The minimum absolute atomic E-state index is 0.514. The third-order valence-corrected chi connectivity index (χ3v) is 5.15. The average molecular weight is 268 g/mol. The molecule has 1 heterocycles. The van der Waals surface area contributed by atoms with Gasteiger partial charge in [0.2, 0.25) is 0 Å². The van der Waals surface area contributed by atoms with E-state index >= 15 is 0 Å². The molecule has 2 aliphatic carbocycles. The summed E-state index contributed by atoms with van der Waals surface area (Å²) < 4.78 is 5.60. The van der Waals surface area contributed by atoms with Crippen LogP contribution in [0.25, 0.3) is 11.1 Å². The number of anilines is 1.